The SMILES string of the molecule is CCOc1ccc(-c2ccc([C@H]3[C@H](c4ccccn4)NC(=S)N3c3ccc(NC(=O)C(C)(C)C)c(OC)c3)o2)cc1. The van der Waals surface area contributed by atoms with Crippen molar-refractivity contribution in [1.29, 1.82) is 0 Å². The van der Waals surface area contributed by atoms with Crippen LogP contribution in [0.1, 0.15) is 51.2 Å². The molecular formula is C32H34N4O4S. The van der Waals surface area contributed by atoms with Gasteiger partial charge in [0.05, 0.1) is 31.1 Å². The third-order valence-corrected chi connectivity index (χ3v) is 7.17. The second-order valence-corrected chi connectivity index (χ2v) is 11.1. The molecule has 0 radical (unpaired) electrons. The van der Waals surface area contributed by atoms with Crippen LogP contribution in [0.2, 0.25) is 0 Å². The van der Waals surface area contributed by atoms with Gasteiger partial charge in [0, 0.05) is 28.9 Å². The number of nitrogens with zero attached hydrogens (tertiary/aromatic N) is 2. The van der Waals surface area contributed by atoms with Crippen molar-refractivity contribution in [3.8, 4) is 22.8 Å². The molecule has 2 aromatic carbocycles. The van der Waals surface area contributed by atoms with Crippen LogP contribution < -0.4 is 25.0 Å². The maximum absolute atomic E-state index is 12.7. The van der Waals surface area contributed by atoms with Crippen LogP contribution in [0.3, 0.4) is 0 Å². The number of furan rings is 1. The van der Waals surface area contributed by atoms with Crippen molar-refractivity contribution in [2.75, 3.05) is 23.9 Å². The van der Waals surface area contributed by atoms with Crippen molar-refractivity contribution in [3.63, 3.8) is 0 Å². The van der Waals surface area contributed by atoms with Crippen LogP contribution in [-0.4, -0.2) is 29.7 Å². The van der Waals surface area contributed by atoms with Crippen molar-refractivity contribution in [1.82, 2.24) is 10.3 Å². The molecule has 1 saturated heterocycles. The summed E-state index contributed by atoms with van der Waals surface area (Å²) in [5.74, 6) is 2.69. The lowest BCUT2D eigenvalue weighted by Gasteiger charge is -2.27. The predicted octanol–water partition coefficient (Wildman–Crippen LogP) is 6.91. The highest BCUT2D eigenvalue weighted by atomic mass is 32.1. The standard InChI is InChI=1S/C32H34N4O4S/c1-6-39-22-13-10-20(11-14-22)25-16-17-26(40-25)29-28(24-9-7-8-18-33-24)35-31(41)36(29)21-12-15-23(27(19-21)38-5)34-30(37)32(2,3)4/h7-19,28-29H,6H2,1-5H3,(H,34,37)(H,35,41)/t28-,29-/m0/s1. The Morgan fingerprint density at radius 3 is 2.54 bits per heavy atom. The summed E-state index contributed by atoms with van der Waals surface area (Å²) >= 11 is 5.87. The molecule has 0 spiro atoms. The number of anilines is 2. The number of nitrogens with one attached hydrogen (secondary N) is 2. The molecule has 1 aliphatic rings. The number of methoxy groups -OCH3 is 1. The van der Waals surface area contributed by atoms with Gasteiger partial charge in [0.15, 0.2) is 5.11 Å². The van der Waals surface area contributed by atoms with Crippen molar-refractivity contribution in [3.05, 3.63) is 90.4 Å². The Morgan fingerprint density at radius 2 is 1.88 bits per heavy atom. The van der Waals surface area contributed by atoms with E-state index in [2.05, 4.69) is 15.6 Å². The molecular weight excluding hydrogens is 536 g/mol. The number of carbonyl (C=O) groups is 1. The number of hydrogen-bond acceptors (Lipinski definition) is 6. The number of ether oxygens (including phenoxy) is 2. The van der Waals surface area contributed by atoms with Crippen molar-refractivity contribution in [2.45, 2.75) is 39.8 Å². The fourth-order valence-corrected chi connectivity index (χ4v) is 5.06. The molecule has 8 nitrogen and oxygen atoms in total. The van der Waals surface area contributed by atoms with Crippen LogP contribution in [-0.2, 0) is 4.79 Å². The Morgan fingerprint density at radius 1 is 1.10 bits per heavy atom. The lowest BCUT2D eigenvalue weighted by Crippen LogP contribution is -2.30. The van der Waals surface area contributed by atoms with E-state index in [9.17, 15) is 4.79 Å². The molecule has 5 rings (SSSR count). The number of amides is 1. The van der Waals surface area contributed by atoms with Gasteiger partial charge in [-0.2, -0.15) is 0 Å². The molecule has 0 saturated carbocycles. The zero-order valence-corrected chi connectivity index (χ0v) is 24.6. The molecule has 0 aliphatic carbocycles. The number of carbonyl (C=O) groups excluding carboxylic acids is 1. The summed E-state index contributed by atoms with van der Waals surface area (Å²) in [4.78, 5) is 19.3. The molecule has 2 N–H and O–H groups in total. The molecule has 4 aromatic rings. The minimum absolute atomic E-state index is 0.104. The lowest BCUT2D eigenvalue weighted by molar-refractivity contribution is -0.123. The van der Waals surface area contributed by atoms with E-state index in [1.165, 1.54) is 0 Å². The van der Waals surface area contributed by atoms with Gasteiger partial charge in [0.25, 0.3) is 0 Å². The number of hydrogen-bond donors (Lipinski definition) is 2. The average molecular weight is 571 g/mol. The highest BCUT2D eigenvalue weighted by molar-refractivity contribution is 7.80. The van der Waals surface area contributed by atoms with Gasteiger partial charge in [-0.05, 0) is 79.8 Å². The number of benzene rings is 2. The highest BCUT2D eigenvalue weighted by Gasteiger charge is 2.43. The molecule has 1 fully saturated rings. The van der Waals surface area contributed by atoms with Gasteiger partial charge >= 0.3 is 0 Å². The van der Waals surface area contributed by atoms with E-state index in [0.717, 1.165) is 34.2 Å². The predicted molar refractivity (Wildman–Crippen MR) is 164 cm³/mol. The zero-order chi connectivity index (χ0) is 29.1. The van der Waals surface area contributed by atoms with Gasteiger partial charge < -0.3 is 29.4 Å². The Kier molecular flexibility index (Phi) is 7.99. The molecule has 0 bridgehead atoms. The van der Waals surface area contributed by atoms with Crippen LogP contribution in [0.5, 0.6) is 11.5 Å². The minimum atomic E-state index is -0.550. The van der Waals surface area contributed by atoms with Crippen LogP contribution in [0.15, 0.2) is 83.4 Å². The summed E-state index contributed by atoms with van der Waals surface area (Å²) in [5.41, 5.74) is 2.60. The Hall–Kier alpha value is -4.37. The quantitative estimate of drug-likeness (QED) is 0.221. The van der Waals surface area contributed by atoms with E-state index in [0.29, 0.717) is 23.2 Å². The summed E-state index contributed by atoms with van der Waals surface area (Å²) in [6, 6.07) is 22.6. The summed E-state index contributed by atoms with van der Waals surface area (Å²) in [6.45, 7) is 8.17. The van der Waals surface area contributed by atoms with Crippen molar-refractivity contribution in [2.24, 2.45) is 5.41 Å². The summed E-state index contributed by atoms with van der Waals surface area (Å²) in [5, 5.41) is 6.95. The fourth-order valence-electron chi connectivity index (χ4n) is 4.71. The summed E-state index contributed by atoms with van der Waals surface area (Å²) < 4.78 is 17.7. The first-order chi connectivity index (χ1) is 19.7. The maximum Gasteiger partial charge on any atom is 0.229 e. The molecule has 9 heteroatoms. The monoisotopic (exact) mass is 570 g/mol. The summed E-state index contributed by atoms with van der Waals surface area (Å²) in [7, 11) is 1.58. The fraction of sp³-hybridized carbons (Fsp3) is 0.281. The molecule has 1 amide bonds. The molecule has 0 unspecified atom stereocenters. The number of aromatic nitrogens is 1. The van der Waals surface area contributed by atoms with Crippen molar-refractivity contribution >= 4 is 34.6 Å². The van der Waals surface area contributed by atoms with E-state index in [4.69, 9.17) is 26.1 Å². The number of pyridine rings is 1. The first-order valence-electron chi connectivity index (χ1n) is 13.5. The van der Waals surface area contributed by atoms with Gasteiger partial charge in [-0.15, -0.1) is 0 Å². The molecule has 1 aliphatic heterocycles. The van der Waals surface area contributed by atoms with E-state index < -0.39 is 5.41 Å². The third-order valence-electron chi connectivity index (χ3n) is 6.86. The number of thiocarbonyl (C=S) groups is 1. The molecule has 2 aromatic heterocycles. The second kappa shape index (κ2) is 11.6. The zero-order valence-electron chi connectivity index (χ0n) is 23.8. The maximum atomic E-state index is 12.7. The Bertz CT molecular complexity index is 1530. The first kappa shape index (κ1) is 28.2. The van der Waals surface area contributed by atoms with Gasteiger partial charge in [-0.1, -0.05) is 26.8 Å². The van der Waals surface area contributed by atoms with Crippen LogP contribution in [0, 0.1) is 5.41 Å². The average Bonchev–Trinajstić information content (AvgIpc) is 3.58. The molecule has 41 heavy (non-hydrogen) atoms. The highest BCUT2D eigenvalue weighted by Crippen LogP contribution is 2.44. The van der Waals surface area contributed by atoms with Gasteiger partial charge in [-0.3, -0.25) is 9.78 Å². The topological polar surface area (TPSA) is 88.9 Å². The number of rotatable bonds is 8. The normalized spacial score (nSPS) is 16.8. The van der Waals surface area contributed by atoms with Gasteiger partial charge in [0.1, 0.15) is 29.1 Å². The smallest absolute Gasteiger partial charge is 0.229 e. The first-order valence-corrected chi connectivity index (χ1v) is 13.9. The molecule has 2 atom stereocenters. The largest absolute Gasteiger partial charge is 0.494 e. The lowest BCUT2D eigenvalue weighted by atomic mass is 9.95. The van der Waals surface area contributed by atoms with E-state index in [1.807, 2.05) is 105 Å². The van der Waals surface area contributed by atoms with Gasteiger partial charge in [-0.25, -0.2) is 0 Å². The van der Waals surface area contributed by atoms with Crippen LogP contribution in [0.25, 0.3) is 11.3 Å². The Balaban J connectivity index is 1.53. The van der Waals surface area contributed by atoms with Gasteiger partial charge in [0.2, 0.25) is 5.91 Å². The van der Waals surface area contributed by atoms with E-state index in [-0.39, 0.29) is 18.0 Å². The van der Waals surface area contributed by atoms with Crippen LogP contribution in [0.4, 0.5) is 11.4 Å². The van der Waals surface area contributed by atoms with Crippen LogP contribution >= 0.6 is 12.2 Å². The second-order valence-electron chi connectivity index (χ2n) is 10.7. The molecule has 212 valence electrons. The third kappa shape index (κ3) is 5.90. The minimum Gasteiger partial charge on any atom is -0.494 e. The molecule has 3 heterocycles. The van der Waals surface area contributed by atoms with Crippen molar-refractivity contribution < 1.29 is 18.7 Å². The van der Waals surface area contributed by atoms with E-state index in [1.54, 1.807) is 13.3 Å². The van der Waals surface area contributed by atoms with E-state index >= 15 is 0 Å². The Labute approximate surface area is 245 Å². The summed E-state index contributed by atoms with van der Waals surface area (Å²) in [6.07, 6.45) is 1.77.